The van der Waals surface area contributed by atoms with Gasteiger partial charge in [0.15, 0.2) is 11.6 Å². The molecule has 0 spiro atoms. The molecule has 1 atom stereocenters. The predicted octanol–water partition coefficient (Wildman–Crippen LogP) is 5.37. The second-order valence-electron chi connectivity index (χ2n) is 9.21. The highest BCUT2D eigenvalue weighted by Gasteiger charge is 2.17. The number of rotatable bonds is 9. The first-order valence-electron chi connectivity index (χ1n) is 12.1. The molecule has 194 valence electrons. The van der Waals surface area contributed by atoms with Crippen molar-refractivity contribution in [2.24, 2.45) is 16.6 Å². The molecule has 0 radical (unpaired) electrons. The van der Waals surface area contributed by atoms with Crippen LogP contribution in [0.5, 0.6) is 5.75 Å². The lowest BCUT2D eigenvalue weighted by molar-refractivity contribution is 0.270. The lowest BCUT2D eigenvalue weighted by Gasteiger charge is -2.26. The summed E-state index contributed by atoms with van der Waals surface area (Å²) < 4.78 is 20.8. The molecule has 0 saturated carbocycles. The molecule has 0 aliphatic carbocycles. The highest BCUT2D eigenvalue weighted by molar-refractivity contribution is 5.85. The van der Waals surface area contributed by atoms with Crippen molar-refractivity contribution in [2.45, 2.75) is 26.8 Å². The van der Waals surface area contributed by atoms with E-state index in [1.807, 2.05) is 43.1 Å². The van der Waals surface area contributed by atoms with Gasteiger partial charge in [0.2, 0.25) is 0 Å². The van der Waals surface area contributed by atoms with E-state index in [1.165, 1.54) is 0 Å². The molecule has 0 saturated heterocycles. The van der Waals surface area contributed by atoms with Gasteiger partial charge in [-0.1, -0.05) is 19.9 Å². The van der Waals surface area contributed by atoms with Gasteiger partial charge in [-0.25, -0.2) is 23.9 Å². The zero-order chi connectivity index (χ0) is 27.2. The first kappa shape index (κ1) is 26.3. The minimum Gasteiger partial charge on any atom is -0.492 e. The summed E-state index contributed by atoms with van der Waals surface area (Å²) in [5.41, 5.74) is 8.90. The minimum atomic E-state index is -0.633. The van der Waals surface area contributed by atoms with Crippen LogP contribution in [0.25, 0.3) is 16.6 Å². The highest BCUT2D eigenvalue weighted by atomic mass is 19.1. The molecule has 9 nitrogen and oxygen atoms in total. The van der Waals surface area contributed by atoms with Crippen LogP contribution in [-0.4, -0.2) is 39.5 Å². The van der Waals surface area contributed by atoms with Crippen LogP contribution in [0.2, 0.25) is 0 Å². The van der Waals surface area contributed by atoms with Gasteiger partial charge >= 0.3 is 0 Å². The maximum atomic E-state index is 13.2. The number of anilines is 1. The topological polar surface area (TPSA) is 118 Å². The fourth-order valence-electron chi connectivity index (χ4n) is 3.81. The molecule has 38 heavy (non-hydrogen) atoms. The molecule has 4 aromatic heterocycles. The van der Waals surface area contributed by atoms with Crippen LogP contribution >= 0.6 is 0 Å². The van der Waals surface area contributed by atoms with Crippen molar-refractivity contribution in [3.63, 3.8) is 0 Å². The minimum absolute atomic E-state index is 0.0426. The third kappa shape index (κ3) is 5.78. The number of nitrogens with two attached hydrogens (primary N) is 1. The second-order valence-corrected chi connectivity index (χ2v) is 9.21. The number of ether oxygens (including phenoxy) is 1. The van der Waals surface area contributed by atoms with Gasteiger partial charge in [-0.05, 0) is 42.7 Å². The number of allylic oxidation sites excluding steroid dienone is 1. The van der Waals surface area contributed by atoms with Crippen LogP contribution in [0.15, 0.2) is 72.1 Å². The molecule has 4 heterocycles. The quantitative estimate of drug-likeness (QED) is 0.300. The average Bonchev–Trinajstić information content (AvgIpc) is 3.37. The maximum absolute atomic E-state index is 13.2. The molecule has 4 aromatic rings. The first-order valence-corrected chi connectivity index (χ1v) is 12.1. The lowest BCUT2D eigenvalue weighted by Crippen LogP contribution is -2.22. The van der Waals surface area contributed by atoms with Crippen LogP contribution in [-0.2, 0) is 0 Å². The molecule has 0 fully saturated rings. The standard InChI is InChI=1S/C28H29FN8O/c1-18(2)17-38-24-9-25(28-22(10-30)14-35-37(28)16-24)21-6-8-27(34-13-21)36(4)19(3)20-5-7-26(32-12-20)33-15-23(29)11-31/h5-9,11-16,18-19H,17,31H2,1-4H3. The van der Waals surface area contributed by atoms with Gasteiger partial charge in [0.25, 0.3) is 0 Å². The fourth-order valence-corrected chi connectivity index (χ4v) is 3.81. The Morgan fingerprint density at radius 2 is 2.03 bits per heavy atom. The van der Waals surface area contributed by atoms with Gasteiger partial charge in [0.05, 0.1) is 42.3 Å². The SMILES string of the molecule is CC(C)COc1cc(-c2ccc(N(C)C(C)c3ccc(N=CC(F)=CN)nc3)nc2)c2c(C#N)cnn2c1. The van der Waals surface area contributed by atoms with E-state index in [-0.39, 0.29) is 6.04 Å². The number of hydrogen-bond donors (Lipinski definition) is 1. The number of nitriles is 1. The normalized spacial score (nSPS) is 12.7. The highest BCUT2D eigenvalue weighted by Crippen LogP contribution is 2.32. The smallest absolute Gasteiger partial charge is 0.156 e. The van der Waals surface area contributed by atoms with Crippen LogP contribution in [0.1, 0.15) is 37.9 Å². The number of hydrogen-bond acceptors (Lipinski definition) is 8. The van der Waals surface area contributed by atoms with Crippen LogP contribution < -0.4 is 15.4 Å². The van der Waals surface area contributed by atoms with Gasteiger partial charge in [-0.2, -0.15) is 10.4 Å². The Balaban J connectivity index is 1.58. The van der Waals surface area contributed by atoms with E-state index >= 15 is 0 Å². The monoisotopic (exact) mass is 512 g/mol. The van der Waals surface area contributed by atoms with Gasteiger partial charge in [-0.15, -0.1) is 0 Å². The summed E-state index contributed by atoms with van der Waals surface area (Å²) in [7, 11) is 1.95. The van der Waals surface area contributed by atoms with Gasteiger partial charge < -0.3 is 15.4 Å². The third-order valence-corrected chi connectivity index (χ3v) is 6.02. The van der Waals surface area contributed by atoms with Crippen molar-refractivity contribution in [2.75, 3.05) is 18.6 Å². The van der Waals surface area contributed by atoms with Gasteiger partial charge in [0.1, 0.15) is 17.6 Å². The summed E-state index contributed by atoms with van der Waals surface area (Å²) >= 11 is 0. The number of halogens is 1. The van der Waals surface area contributed by atoms with Gasteiger partial charge in [-0.3, -0.25) is 0 Å². The summed E-state index contributed by atoms with van der Waals surface area (Å²) in [6.07, 6.45) is 8.68. The Bertz CT molecular complexity index is 1500. The lowest BCUT2D eigenvalue weighted by atomic mass is 10.0. The molecular weight excluding hydrogens is 483 g/mol. The number of nitrogens with zero attached hydrogens (tertiary/aromatic N) is 7. The third-order valence-electron chi connectivity index (χ3n) is 6.02. The summed E-state index contributed by atoms with van der Waals surface area (Å²) in [6.45, 7) is 6.78. The summed E-state index contributed by atoms with van der Waals surface area (Å²) in [5.74, 6) is 1.55. The van der Waals surface area contributed by atoms with Crippen LogP contribution in [0.3, 0.4) is 0 Å². The number of aromatic nitrogens is 4. The van der Waals surface area contributed by atoms with E-state index in [9.17, 15) is 9.65 Å². The van der Waals surface area contributed by atoms with Crippen molar-refractivity contribution < 1.29 is 9.13 Å². The van der Waals surface area contributed by atoms with Crippen molar-refractivity contribution in [1.82, 2.24) is 19.6 Å². The molecule has 0 aromatic carbocycles. The molecule has 2 N–H and O–H groups in total. The zero-order valence-corrected chi connectivity index (χ0v) is 21.7. The molecule has 0 bridgehead atoms. The van der Waals surface area contributed by atoms with E-state index in [2.05, 4.69) is 35.0 Å². The number of fused-ring (bicyclic) bond motifs is 1. The van der Waals surface area contributed by atoms with E-state index in [0.29, 0.717) is 35.2 Å². The van der Waals surface area contributed by atoms with Crippen LogP contribution in [0.4, 0.5) is 16.0 Å². The maximum Gasteiger partial charge on any atom is 0.156 e. The van der Waals surface area contributed by atoms with Crippen molar-refractivity contribution in [3.05, 3.63) is 78.3 Å². The second kappa shape index (κ2) is 11.5. The summed E-state index contributed by atoms with van der Waals surface area (Å²) in [5, 5.41) is 14.0. The zero-order valence-electron chi connectivity index (χ0n) is 21.7. The largest absolute Gasteiger partial charge is 0.492 e. The summed E-state index contributed by atoms with van der Waals surface area (Å²) in [4.78, 5) is 15.0. The molecule has 0 amide bonds. The van der Waals surface area contributed by atoms with Crippen molar-refractivity contribution >= 4 is 23.4 Å². The predicted molar refractivity (Wildman–Crippen MR) is 146 cm³/mol. The molecule has 0 aliphatic rings. The summed E-state index contributed by atoms with van der Waals surface area (Å²) in [6, 6.07) is 11.6. The average molecular weight is 513 g/mol. The number of aliphatic imine (C=N–C) groups is 1. The van der Waals surface area contributed by atoms with Crippen molar-refractivity contribution in [3.8, 4) is 22.9 Å². The van der Waals surface area contributed by atoms with E-state index in [4.69, 9.17) is 15.5 Å². The van der Waals surface area contributed by atoms with Crippen LogP contribution in [0, 0.1) is 17.2 Å². The van der Waals surface area contributed by atoms with E-state index in [0.717, 1.165) is 34.9 Å². The molecule has 4 rings (SSSR count). The van der Waals surface area contributed by atoms with E-state index in [1.54, 1.807) is 35.4 Å². The Kier molecular flexibility index (Phi) is 7.97. The Hall–Kier alpha value is -4.78. The molecule has 0 aliphatic heterocycles. The Labute approximate surface area is 220 Å². The molecule has 1 unspecified atom stereocenters. The number of pyridine rings is 3. The van der Waals surface area contributed by atoms with E-state index < -0.39 is 5.83 Å². The molecular formula is C28H29FN8O. The van der Waals surface area contributed by atoms with Gasteiger partial charge in [0, 0.05) is 36.8 Å². The fraction of sp³-hybridized carbons (Fsp3) is 0.250. The Morgan fingerprint density at radius 1 is 1.21 bits per heavy atom. The van der Waals surface area contributed by atoms with Crippen molar-refractivity contribution in [1.29, 1.82) is 5.26 Å². The first-order chi connectivity index (χ1) is 18.3. The Morgan fingerprint density at radius 3 is 2.66 bits per heavy atom. The molecule has 10 heteroatoms.